The fourth-order valence-electron chi connectivity index (χ4n) is 1.48. The molecule has 0 bridgehead atoms. The van der Waals surface area contributed by atoms with Crippen LogP contribution >= 0.6 is 0 Å². The van der Waals surface area contributed by atoms with E-state index in [4.69, 9.17) is 0 Å². The summed E-state index contributed by atoms with van der Waals surface area (Å²) >= 11 is 0. The normalized spacial score (nSPS) is 12.3. The number of likely N-dealkylation sites (N-methyl/N-ethyl adjacent to an activating group) is 1. The fraction of sp³-hybridized carbons (Fsp3) is 0.533. The summed E-state index contributed by atoms with van der Waals surface area (Å²) in [5.41, 5.74) is 2.16. The highest BCUT2D eigenvalue weighted by molar-refractivity contribution is 5.78. The molecule has 0 saturated heterocycles. The maximum atomic E-state index is 11.6. The Bertz CT molecular complexity index is 382. The number of nitrogens with one attached hydrogen (secondary N) is 1. The Kier molecular flexibility index (Phi) is 5.20. The number of hydrogen-bond acceptors (Lipinski definition) is 2. The van der Waals surface area contributed by atoms with Crippen molar-refractivity contribution in [3.05, 3.63) is 29.8 Å². The molecule has 0 spiro atoms. The first-order valence-electron chi connectivity index (χ1n) is 6.45. The molecule has 1 unspecified atom stereocenters. The molecule has 1 N–H and O–H groups in total. The third-order valence-corrected chi connectivity index (χ3v) is 3.20. The molecule has 1 aromatic carbocycles. The van der Waals surface area contributed by atoms with Gasteiger partial charge < -0.3 is 10.2 Å². The first-order chi connectivity index (χ1) is 8.40. The van der Waals surface area contributed by atoms with Crippen LogP contribution < -0.4 is 5.32 Å². The van der Waals surface area contributed by atoms with Gasteiger partial charge in [0.15, 0.2) is 0 Å². The van der Waals surface area contributed by atoms with Gasteiger partial charge in [-0.2, -0.15) is 0 Å². The Balaban J connectivity index is 2.60. The van der Waals surface area contributed by atoms with Crippen molar-refractivity contribution in [1.82, 2.24) is 4.90 Å². The Labute approximate surface area is 110 Å². The average molecular weight is 248 g/mol. The van der Waals surface area contributed by atoms with E-state index in [0.29, 0.717) is 18.4 Å². The zero-order chi connectivity index (χ0) is 13.7. The van der Waals surface area contributed by atoms with E-state index < -0.39 is 0 Å². The third-order valence-electron chi connectivity index (χ3n) is 3.20. The first kappa shape index (κ1) is 14.6. The standard InChI is InChI=1S/C15H24N2O/c1-11(2)12(3)16-14-8-6-13(7-9-14)10-15(18)17(4)5/h6-9,11-12,16H,10H2,1-5H3. The van der Waals surface area contributed by atoms with Crippen molar-refractivity contribution in [2.75, 3.05) is 19.4 Å². The molecule has 1 aromatic rings. The van der Waals surface area contributed by atoms with Crippen LogP contribution in [-0.2, 0) is 11.2 Å². The summed E-state index contributed by atoms with van der Waals surface area (Å²) in [6.07, 6.45) is 0.465. The highest BCUT2D eigenvalue weighted by atomic mass is 16.2. The molecule has 0 fully saturated rings. The van der Waals surface area contributed by atoms with Crippen LogP contribution in [0.3, 0.4) is 0 Å². The second-order valence-corrected chi connectivity index (χ2v) is 5.34. The Hall–Kier alpha value is -1.51. The van der Waals surface area contributed by atoms with Crippen molar-refractivity contribution in [3.8, 4) is 0 Å². The molecule has 100 valence electrons. The number of hydrogen-bond donors (Lipinski definition) is 1. The lowest BCUT2D eigenvalue weighted by Gasteiger charge is -2.19. The highest BCUT2D eigenvalue weighted by Crippen LogP contribution is 2.14. The van der Waals surface area contributed by atoms with Crippen molar-refractivity contribution < 1.29 is 4.79 Å². The molecule has 0 aliphatic heterocycles. The molecule has 3 heteroatoms. The van der Waals surface area contributed by atoms with Gasteiger partial charge in [0.25, 0.3) is 0 Å². The van der Waals surface area contributed by atoms with E-state index in [0.717, 1.165) is 11.3 Å². The minimum absolute atomic E-state index is 0.131. The van der Waals surface area contributed by atoms with Gasteiger partial charge in [-0.25, -0.2) is 0 Å². The van der Waals surface area contributed by atoms with Crippen LogP contribution in [0.15, 0.2) is 24.3 Å². The molecule has 0 aliphatic rings. The molecule has 0 aromatic heterocycles. The largest absolute Gasteiger partial charge is 0.382 e. The van der Waals surface area contributed by atoms with Crippen LogP contribution in [0.1, 0.15) is 26.3 Å². The van der Waals surface area contributed by atoms with Gasteiger partial charge in [-0.3, -0.25) is 4.79 Å². The molecule has 3 nitrogen and oxygen atoms in total. The minimum Gasteiger partial charge on any atom is -0.382 e. The summed E-state index contributed by atoms with van der Waals surface area (Å²) in [5.74, 6) is 0.728. The smallest absolute Gasteiger partial charge is 0.226 e. The Morgan fingerprint density at radius 2 is 1.72 bits per heavy atom. The van der Waals surface area contributed by atoms with Gasteiger partial charge in [0.1, 0.15) is 0 Å². The van der Waals surface area contributed by atoms with Gasteiger partial charge >= 0.3 is 0 Å². The predicted molar refractivity (Wildman–Crippen MR) is 76.8 cm³/mol. The molecule has 0 saturated carbocycles. The van der Waals surface area contributed by atoms with Crippen molar-refractivity contribution in [2.45, 2.75) is 33.2 Å². The second kappa shape index (κ2) is 6.43. The summed E-state index contributed by atoms with van der Waals surface area (Å²) < 4.78 is 0. The maximum Gasteiger partial charge on any atom is 0.226 e. The first-order valence-corrected chi connectivity index (χ1v) is 6.45. The maximum absolute atomic E-state index is 11.6. The summed E-state index contributed by atoms with van der Waals surface area (Å²) in [4.78, 5) is 13.2. The lowest BCUT2D eigenvalue weighted by Crippen LogP contribution is -2.23. The van der Waals surface area contributed by atoms with Crippen molar-refractivity contribution >= 4 is 11.6 Å². The Morgan fingerprint density at radius 3 is 2.17 bits per heavy atom. The van der Waals surface area contributed by atoms with E-state index >= 15 is 0 Å². The predicted octanol–water partition coefficient (Wildman–Crippen LogP) is 2.77. The number of anilines is 1. The van der Waals surface area contributed by atoms with Crippen LogP contribution in [-0.4, -0.2) is 30.9 Å². The number of carbonyl (C=O) groups excluding carboxylic acids is 1. The van der Waals surface area contributed by atoms with Gasteiger partial charge in [-0.05, 0) is 30.5 Å². The number of carbonyl (C=O) groups is 1. The second-order valence-electron chi connectivity index (χ2n) is 5.34. The minimum atomic E-state index is 0.131. The SMILES string of the molecule is CC(C)C(C)Nc1ccc(CC(=O)N(C)C)cc1. The van der Waals surface area contributed by atoms with Crippen molar-refractivity contribution in [3.63, 3.8) is 0 Å². The summed E-state index contributed by atoms with van der Waals surface area (Å²) in [5, 5.41) is 3.45. The quantitative estimate of drug-likeness (QED) is 0.869. The molecule has 1 amide bonds. The molecule has 1 rings (SSSR count). The lowest BCUT2D eigenvalue weighted by atomic mass is 10.1. The molecule has 1 atom stereocenters. The summed E-state index contributed by atoms with van der Waals surface area (Å²) in [7, 11) is 3.56. The molecule has 0 heterocycles. The number of amides is 1. The highest BCUT2D eigenvalue weighted by Gasteiger charge is 2.08. The zero-order valence-corrected chi connectivity index (χ0v) is 12.0. The average Bonchev–Trinajstić information content (AvgIpc) is 2.31. The summed E-state index contributed by atoms with van der Waals surface area (Å²) in [6.45, 7) is 6.57. The number of rotatable bonds is 5. The summed E-state index contributed by atoms with van der Waals surface area (Å²) in [6, 6.07) is 8.54. The van der Waals surface area contributed by atoms with Gasteiger partial charge in [0, 0.05) is 25.8 Å². The monoisotopic (exact) mass is 248 g/mol. The third kappa shape index (κ3) is 4.40. The molecular formula is C15H24N2O. The number of nitrogens with zero attached hydrogens (tertiary/aromatic N) is 1. The van der Waals surface area contributed by atoms with Gasteiger partial charge in [0.2, 0.25) is 5.91 Å². The van der Waals surface area contributed by atoms with Crippen LogP contribution in [0.2, 0.25) is 0 Å². The van der Waals surface area contributed by atoms with Gasteiger partial charge in [-0.15, -0.1) is 0 Å². The fourth-order valence-corrected chi connectivity index (χ4v) is 1.48. The van der Waals surface area contributed by atoms with Crippen molar-refractivity contribution in [1.29, 1.82) is 0 Å². The van der Waals surface area contributed by atoms with Crippen LogP contribution in [0.4, 0.5) is 5.69 Å². The van der Waals surface area contributed by atoms with E-state index in [1.807, 2.05) is 24.3 Å². The topological polar surface area (TPSA) is 32.3 Å². The molecule has 18 heavy (non-hydrogen) atoms. The molecule has 0 radical (unpaired) electrons. The van der Waals surface area contributed by atoms with Crippen LogP contribution in [0.5, 0.6) is 0 Å². The number of benzene rings is 1. The van der Waals surface area contributed by atoms with Gasteiger partial charge in [0.05, 0.1) is 6.42 Å². The van der Waals surface area contributed by atoms with E-state index in [9.17, 15) is 4.79 Å². The zero-order valence-electron chi connectivity index (χ0n) is 12.0. The van der Waals surface area contributed by atoms with E-state index in [2.05, 4.69) is 26.1 Å². The molecule has 0 aliphatic carbocycles. The van der Waals surface area contributed by atoms with E-state index in [1.165, 1.54) is 0 Å². The van der Waals surface area contributed by atoms with E-state index in [-0.39, 0.29) is 5.91 Å². The van der Waals surface area contributed by atoms with Gasteiger partial charge in [-0.1, -0.05) is 26.0 Å². The lowest BCUT2D eigenvalue weighted by molar-refractivity contribution is -0.127. The van der Waals surface area contributed by atoms with Crippen LogP contribution in [0.25, 0.3) is 0 Å². The van der Waals surface area contributed by atoms with E-state index in [1.54, 1.807) is 19.0 Å². The Morgan fingerprint density at radius 1 is 1.17 bits per heavy atom. The van der Waals surface area contributed by atoms with Crippen LogP contribution in [0, 0.1) is 5.92 Å². The molecular weight excluding hydrogens is 224 g/mol. The van der Waals surface area contributed by atoms with Crippen molar-refractivity contribution in [2.24, 2.45) is 5.92 Å².